The van der Waals surface area contributed by atoms with E-state index in [9.17, 15) is 4.79 Å². The zero-order valence-corrected chi connectivity index (χ0v) is 22.3. The van der Waals surface area contributed by atoms with Crippen molar-refractivity contribution in [3.63, 3.8) is 0 Å². The zero-order chi connectivity index (χ0) is 26.1. The minimum atomic E-state index is -0.133. The first-order chi connectivity index (χ1) is 17.8. The van der Waals surface area contributed by atoms with Crippen molar-refractivity contribution < 1.29 is 4.79 Å². The summed E-state index contributed by atoms with van der Waals surface area (Å²) < 4.78 is 1.94. The van der Waals surface area contributed by atoms with E-state index < -0.39 is 0 Å². The van der Waals surface area contributed by atoms with Crippen LogP contribution in [0.1, 0.15) is 46.2 Å². The number of aromatic nitrogens is 4. The quantitative estimate of drug-likeness (QED) is 0.391. The summed E-state index contributed by atoms with van der Waals surface area (Å²) in [6.07, 6.45) is 2.94. The van der Waals surface area contributed by atoms with Gasteiger partial charge in [-0.3, -0.25) is 9.48 Å². The van der Waals surface area contributed by atoms with E-state index in [4.69, 9.17) is 9.97 Å². The number of carbonyl (C=O) groups excluding carboxylic acids is 1. The van der Waals surface area contributed by atoms with Crippen LogP contribution in [0.15, 0.2) is 42.6 Å². The molecule has 1 amide bonds. The Morgan fingerprint density at radius 1 is 1.14 bits per heavy atom. The van der Waals surface area contributed by atoms with Crippen LogP contribution in [-0.2, 0) is 13.1 Å². The maximum atomic E-state index is 13.8. The number of hydrogen-bond donors (Lipinski definition) is 2. The average Bonchev–Trinajstić information content (AvgIpc) is 3.52. The van der Waals surface area contributed by atoms with Crippen molar-refractivity contribution in [2.45, 2.75) is 53.2 Å². The first-order valence-corrected chi connectivity index (χ1v) is 13.0. The van der Waals surface area contributed by atoms with Crippen LogP contribution in [0.25, 0.3) is 22.3 Å². The number of benzene rings is 2. The predicted molar refractivity (Wildman–Crippen MR) is 148 cm³/mol. The highest BCUT2D eigenvalue weighted by molar-refractivity contribution is 6.05. The van der Waals surface area contributed by atoms with E-state index >= 15 is 0 Å². The number of fused-ring (bicyclic) bond motifs is 1. The summed E-state index contributed by atoms with van der Waals surface area (Å²) in [7, 11) is 1.82. The standard InChI is InChI=1S/C29H35N7O/c1-6-36-20(4)22(15-31-36)17-35(5)29(37)27-25-13-18(2)7-8-26(25)33-28(34-27)21-11-19(3)12-24(14-21)32-23-9-10-30-16-23/h7-8,11-15,23,30,32H,6,9-10,16-17H2,1-5H3/t23-/m0/s1. The molecule has 3 heterocycles. The summed E-state index contributed by atoms with van der Waals surface area (Å²) in [4.78, 5) is 25.3. The third-order valence-corrected chi connectivity index (χ3v) is 7.08. The molecule has 4 aromatic rings. The molecule has 0 saturated carbocycles. The van der Waals surface area contributed by atoms with E-state index in [2.05, 4.69) is 47.8 Å². The van der Waals surface area contributed by atoms with Gasteiger partial charge in [0.25, 0.3) is 5.91 Å². The Hall–Kier alpha value is -3.78. The molecule has 5 rings (SSSR count). The number of nitrogens with one attached hydrogen (secondary N) is 2. The molecule has 192 valence electrons. The fourth-order valence-corrected chi connectivity index (χ4v) is 5.01. The molecule has 0 bridgehead atoms. The molecular formula is C29H35N7O. The van der Waals surface area contributed by atoms with Crippen LogP contribution in [-0.4, -0.2) is 56.7 Å². The van der Waals surface area contributed by atoms with E-state index in [1.807, 2.05) is 50.0 Å². The first-order valence-electron chi connectivity index (χ1n) is 13.0. The summed E-state index contributed by atoms with van der Waals surface area (Å²) in [5.41, 5.74) is 7.41. The largest absolute Gasteiger partial charge is 0.381 e. The molecule has 37 heavy (non-hydrogen) atoms. The van der Waals surface area contributed by atoms with Gasteiger partial charge in [0.05, 0.1) is 11.7 Å². The summed E-state index contributed by atoms with van der Waals surface area (Å²) in [6, 6.07) is 12.7. The minimum absolute atomic E-state index is 0.133. The van der Waals surface area contributed by atoms with Gasteiger partial charge in [-0.05, 0) is 76.6 Å². The van der Waals surface area contributed by atoms with Crippen molar-refractivity contribution >= 4 is 22.5 Å². The summed E-state index contributed by atoms with van der Waals surface area (Å²) >= 11 is 0. The topological polar surface area (TPSA) is 88.0 Å². The number of anilines is 1. The molecule has 2 aromatic heterocycles. The Morgan fingerprint density at radius 3 is 2.70 bits per heavy atom. The summed E-state index contributed by atoms with van der Waals surface area (Å²) in [5.74, 6) is 0.422. The van der Waals surface area contributed by atoms with Gasteiger partial charge in [0.2, 0.25) is 0 Å². The van der Waals surface area contributed by atoms with Gasteiger partial charge in [-0.15, -0.1) is 0 Å². The number of hydrogen-bond acceptors (Lipinski definition) is 6. The predicted octanol–water partition coefficient (Wildman–Crippen LogP) is 4.48. The fourth-order valence-electron chi connectivity index (χ4n) is 5.01. The normalized spacial score (nSPS) is 15.3. The van der Waals surface area contributed by atoms with Gasteiger partial charge in [0.15, 0.2) is 5.82 Å². The van der Waals surface area contributed by atoms with Crippen molar-refractivity contribution in [2.75, 3.05) is 25.5 Å². The highest BCUT2D eigenvalue weighted by atomic mass is 16.2. The molecule has 0 unspecified atom stereocenters. The molecule has 8 heteroatoms. The van der Waals surface area contributed by atoms with Crippen LogP contribution in [0.3, 0.4) is 0 Å². The molecule has 1 fully saturated rings. The van der Waals surface area contributed by atoms with Crippen molar-refractivity contribution in [3.05, 3.63) is 70.7 Å². The molecular weight excluding hydrogens is 462 g/mol. The van der Waals surface area contributed by atoms with Gasteiger partial charge in [-0.25, -0.2) is 9.97 Å². The molecule has 0 radical (unpaired) electrons. The lowest BCUT2D eigenvalue weighted by Crippen LogP contribution is -2.28. The summed E-state index contributed by atoms with van der Waals surface area (Å²) in [6.45, 7) is 11.4. The highest BCUT2D eigenvalue weighted by Crippen LogP contribution is 2.27. The number of aryl methyl sites for hydroxylation is 3. The van der Waals surface area contributed by atoms with Crippen molar-refractivity contribution in [2.24, 2.45) is 0 Å². The third-order valence-electron chi connectivity index (χ3n) is 7.08. The van der Waals surface area contributed by atoms with Gasteiger partial charge in [0, 0.05) is 60.6 Å². The molecule has 1 saturated heterocycles. The molecule has 8 nitrogen and oxygen atoms in total. The van der Waals surface area contributed by atoms with Gasteiger partial charge in [-0.1, -0.05) is 11.6 Å². The van der Waals surface area contributed by atoms with E-state index in [1.54, 1.807) is 4.90 Å². The smallest absolute Gasteiger partial charge is 0.273 e. The second-order valence-electron chi connectivity index (χ2n) is 10.1. The maximum absolute atomic E-state index is 13.8. The Labute approximate surface area is 218 Å². The second-order valence-corrected chi connectivity index (χ2v) is 10.1. The van der Waals surface area contributed by atoms with Gasteiger partial charge in [-0.2, -0.15) is 5.10 Å². The molecule has 0 aliphatic carbocycles. The monoisotopic (exact) mass is 497 g/mol. The lowest BCUT2D eigenvalue weighted by molar-refractivity contribution is 0.0781. The molecule has 1 aliphatic heterocycles. The van der Waals surface area contributed by atoms with Gasteiger partial charge in [0.1, 0.15) is 5.69 Å². The van der Waals surface area contributed by atoms with E-state index in [1.165, 1.54) is 0 Å². The van der Waals surface area contributed by atoms with Crippen LogP contribution in [0.5, 0.6) is 0 Å². The Morgan fingerprint density at radius 2 is 1.97 bits per heavy atom. The van der Waals surface area contributed by atoms with Crippen LogP contribution < -0.4 is 10.6 Å². The molecule has 0 spiro atoms. The molecule has 2 N–H and O–H groups in total. The van der Waals surface area contributed by atoms with Crippen molar-refractivity contribution in [1.29, 1.82) is 0 Å². The number of nitrogens with zero attached hydrogens (tertiary/aromatic N) is 5. The Balaban J connectivity index is 1.53. The van der Waals surface area contributed by atoms with Crippen LogP contribution in [0, 0.1) is 20.8 Å². The van der Waals surface area contributed by atoms with Crippen LogP contribution >= 0.6 is 0 Å². The maximum Gasteiger partial charge on any atom is 0.273 e. The molecule has 1 aliphatic rings. The first kappa shape index (κ1) is 24.9. The Bertz CT molecular complexity index is 1450. The Kier molecular flexibility index (Phi) is 6.93. The van der Waals surface area contributed by atoms with E-state index in [-0.39, 0.29) is 5.91 Å². The number of rotatable bonds is 7. The lowest BCUT2D eigenvalue weighted by Gasteiger charge is -2.19. The second kappa shape index (κ2) is 10.3. The van der Waals surface area contributed by atoms with Gasteiger partial charge < -0.3 is 15.5 Å². The van der Waals surface area contributed by atoms with Crippen LogP contribution in [0.4, 0.5) is 5.69 Å². The zero-order valence-electron chi connectivity index (χ0n) is 22.3. The molecule has 2 aromatic carbocycles. The SMILES string of the molecule is CCn1ncc(CN(C)C(=O)c2nc(-c3cc(C)cc(N[C@H]4CCNC4)c3)nc3ccc(C)cc23)c1C. The van der Waals surface area contributed by atoms with Crippen molar-refractivity contribution in [1.82, 2.24) is 30.0 Å². The van der Waals surface area contributed by atoms with Gasteiger partial charge >= 0.3 is 0 Å². The van der Waals surface area contributed by atoms with E-state index in [0.29, 0.717) is 24.1 Å². The lowest BCUT2D eigenvalue weighted by atomic mass is 10.1. The average molecular weight is 498 g/mol. The van der Waals surface area contributed by atoms with E-state index in [0.717, 1.165) is 70.6 Å². The highest BCUT2D eigenvalue weighted by Gasteiger charge is 2.22. The number of carbonyl (C=O) groups is 1. The molecule has 1 atom stereocenters. The minimum Gasteiger partial charge on any atom is -0.381 e. The van der Waals surface area contributed by atoms with Crippen molar-refractivity contribution in [3.8, 4) is 11.4 Å². The number of amides is 1. The fraction of sp³-hybridized carbons (Fsp3) is 0.379. The van der Waals surface area contributed by atoms with Crippen LogP contribution in [0.2, 0.25) is 0 Å². The third kappa shape index (κ3) is 5.20. The summed E-state index contributed by atoms with van der Waals surface area (Å²) in [5, 5.41) is 12.2.